The summed E-state index contributed by atoms with van der Waals surface area (Å²) in [5.74, 6) is -0.552. The number of hydrogen-bond acceptors (Lipinski definition) is 4. The van der Waals surface area contributed by atoms with Crippen molar-refractivity contribution in [2.24, 2.45) is 0 Å². The highest BCUT2D eigenvalue weighted by atomic mass is 32.1. The fourth-order valence-electron chi connectivity index (χ4n) is 2.59. The number of hydrogen-bond donors (Lipinski definition) is 1. The Morgan fingerprint density at radius 1 is 1.07 bits per heavy atom. The molecule has 0 bridgehead atoms. The number of carbonyl (C=O) groups is 2. The van der Waals surface area contributed by atoms with E-state index in [9.17, 15) is 9.59 Å². The number of benzene rings is 1. The van der Waals surface area contributed by atoms with Gasteiger partial charge in [0.1, 0.15) is 5.70 Å². The topological polar surface area (TPSA) is 62.3 Å². The fourth-order valence-corrected chi connectivity index (χ4v) is 3.24. The summed E-state index contributed by atoms with van der Waals surface area (Å²) in [5, 5.41) is 4.70. The molecule has 0 saturated heterocycles. The summed E-state index contributed by atoms with van der Waals surface area (Å²) in [5.41, 5.74) is 1.67. The van der Waals surface area contributed by atoms with Gasteiger partial charge in [0.05, 0.1) is 0 Å². The third-order valence-corrected chi connectivity index (χ3v) is 4.94. The average molecular weight is 391 g/mol. The first-order chi connectivity index (χ1) is 13.6. The first-order valence-electron chi connectivity index (χ1n) is 8.90. The lowest BCUT2D eigenvalue weighted by atomic mass is 10.2. The number of carbonyl (C=O) groups excluding carboxylic acids is 2. The third kappa shape index (κ3) is 5.37. The molecular weight excluding hydrogens is 370 g/mol. The van der Waals surface area contributed by atoms with E-state index in [4.69, 9.17) is 0 Å². The normalized spacial score (nSPS) is 11.1. The van der Waals surface area contributed by atoms with Gasteiger partial charge in [-0.2, -0.15) is 0 Å². The molecule has 6 heteroatoms. The molecule has 1 aromatic carbocycles. The Morgan fingerprint density at radius 2 is 1.86 bits per heavy atom. The maximum Gasteiger partial charge on any atom is 0.270 e. The Morgan fingerprint density at radius 3 is 2.54 bits per heavy atom. The van der Waals surface area contributed by atoms with Crippen LogP contribution < -0.4 is 5.32 Å². The Balaban J connectivity index is 1.74. The standard InChI is InChI=1S/C22H21N3O2S/c1-25(14-12-18-10-5-6-13-23-18)22(27)20(16-19-11-7-15-28-19)24-21(26)17-8-3-2-4-9-17/h2-11,13,15-16H,12,14H2,1H3,(H,24,26)/b20-16+. The molecule has 0 fully saturated rings. The van der Waals surface area contributed by atoms with Crippen LogP contribution in [-0.2, 0) is 11.2 Å². The van der Waals surface area contributed by atoms with E-state index < -0.39 is 0 Å². The van der Waals surface area contributed by atoms with Gasteiger partial charge in [0.15, 0.2) is 0 Å². The van der Waals surface area contributed by atoms with Crippen LogP contribution in [0.5, 0.6) is 0 Å². The second kappa shape index (κ2) is 9.62. The Kier molecular flexibility index (Phi) is 6.70. The average Bonchev–Trinajstić information content (AvgIpc) is 3.25. The zero-order valence-corrected chi connectivity index (χ0v) is 16.4. The molecule has 0 saturated carbocycles. The monoisotopic (exact) mass is 391 g/mol. The van der Waals surface area contributed by atoms with Gasteiger partial charge in [-0.25, -0.2) is 0 Å². The van der Waals surface area contributed by atoms with E-state index in [0.717, 1.165) is 10.6 Å². The van der Waals surface area contributed by atoms with Gasteiger partial charge in [-0.3, -0.25) is 14.6 Å². The van der Waals surface area contributed by atoms with Crippen LogP contribution in [0.4, 0.5) is 0 Å². The molecule has 28 heavy (non-hydrogen) atoms. The number of likely N-dealkylation sites (N-methyl/N-ethyl adjacent to an activating group) is 1. The molecule has 0 aliphatic rings. The molecule has 0 spiro atoms. The third-order valence-electron chi connectivity index (χ3n) is 4.12. The Hall–Kier alpha value is -3.25. The number of pyridine rings is 1. The molecule has 0 aliphatic carbocycles. The van der Waals surface area contributed by atoms with Crippen LogP contribution in [0.15, 0.2) is 77.9 Å². The number of aromatic nitrogens is 1. The molecule has 2 amide bonds. The quantitative estimate of drug-likeness (QED) is 0.626. The summed E-state index contributed by atoms with van der Waals surface area (Å²) in [4.78, 5) is 32.3. The number of rotatable bonds is 7. The van der Waals surface area contributed by atoms with Crippen LogP contribution in [0.25, 0.3) is 6.08 Å². The molecule has 3 aromatic rings. The minimum Gasteiger partial charge on any atom is -0.340 e. The molecular formula is C22H21N3O2S. The van der Waals surface area contributed by atoms with Crippen molar-refractivity contribution in [2.45, 2.75) is 6.42 Å². The summed E-state index contributed by atoms with van der Waals surface area (Å²) in [7, 11) is 1.72. The summed E-state index contributed by atoms with van der Waals surface area (Å²) < 4.78 is 0. The molecule has 0 radical (unpaired) electrons. The van der Waals surface area contributed by atoms with Crippen molar-refractivity contribution in [3.05, 3.63) is 94.1 Å². The van der Waals surface area contributed by atoms with E-state index in [1.165, 1.54) is 11.3 Å². The van der Waals surface area contributed by atoms with Crippen LogP contribution in [0.1, 0.15) is 20.9 Å². The van der Waals surface area contributed by atoms with Crippen molar-refractivity contribution in [2.75, 3.05) is 13.6 Å². The predicted octanol–water partition coefficient (Wildman–Crippen LogP) is 3.62. The Bertz CT molecular complexity index is 938. The summed E-state index contributed by atoms with van der Waals surface area (Å²) in [6.45, 7) is 0.499. The van der Waals surface area contributed by atoms with E-state index >= 15 is 0 Å². The highest BCUT2D eigenvalue weighted by molar-refractivity contribution is 7.10. The highest BCUT2D eigenvalue weighted by Crippen LogP contribution is 2.14. The second-order valence-corrected chi connectivity index (χ2v) is 7.17. The van der Waals surface area contributed by atoms with Crippen molar-refractivity contribution < 1.29 is 9.59 Å². The fraction of sp³-hybridized carbons (Fsp3) is 0.136. The van der Waals surface area contributed by atoms with Gasteiger partial charge in [0.25, 0.3) is 11.8 Å². The van der Waals surface area contributed by atoms with Crippen molar-refractivity contribution in [1.29, 1.82) is 0 Å². The number of thiophene rings is 1. The lowest BCUT2D eigenvalue weighted by Gasteiger charge is -2.19. The van der Waals surface area contributed by atoms with E-state index in [0.29, 0.717) is 18.5 Å². The van der Waals surface area contributed by atoms with Crippen molar-refractivity contribution in [1.82, 2.24) is 15.2 Å². The SMILES string of the molecule is CN(CCc1ccccn1)C(=O)/C(=C\c1cccs1)NC(=O)c1ccccc1. The molecule has 0 aliphatic heterocycles. The summed E-state index contributed by atoms with van der Waals surface area (Å²) in [6.07, 6.45) is 4.09. The van der Waals surface area contributed by atoms with Crippen LogP contribution in [-0.4, -0.2) is 35.3 Å². The molecule has 5 nitrogen and oxygen atoms in total. The minimum atomic E-state index is -0.310. The smallest absolute Gasteiger partial charge is 0.270 e. The number of nitrogens with zero attached hydrogens (tertiary/aromatic N) is 2. The molecule has 142 valence electrons. The molecule has 2 heterocycles. The maximum absolute atomic E-state index is 13.0. The lowest BCUT2D eigenvalue weighted by molar-refractivity contribution is -0.126. The highest BCUT2D eigenvalue weighted by Gasteiger charge is 2.18. The van der Waals surface area contributed by atoms with E-state index in [1.54, 1.807) is 48.5 Å². The molecule has 0 unspecified atom stereocenters. The van der Waals surface area contributed by atoms with Crippen molar-refractivity contribution >= 4 is 29.2 Å². The van der Waals surface area contributed by atoms with Gasteiger partial charge < -0.3 is 10.2 Å². The van der Waals surface area contributed by atoms with Crippen molar-refractivity contribution in [3.8, 4) is 0 Å². The number of nitrogens with one attached hydrogen (secondary N) is 1. The van der Waals surface area contributed by atoms with E-state index in [2.05, 4.69) is 10.3 Å². The van der Waals surface area contributed by atoms with Gasteiger partial charge in [-0.1, -0.05) is 30.3 Å². The van der Waals surface area contributed by atoms with Gasteiger partial charge in [0, 0.05) is 42.3 Å². The van der Waals surface area contributed by atoms with E-state index in [-0.39, 0.29) is 17.5 Å². The van der Waals surface area contributed by atoms with Gasteiger partial charge in [0.2, 0.25) is 0 Å². The minimum absolute atomic E-state index is 0.242. The van der Waals surface area contributed by atoms with Gasteiger partial charge >= 0.3 is 0 Å². The summed E-state index contributed by atoms with van der Waals surface area (Å²) in [6, 6.07) is 18.4. The van der Waals surface area contributed by atoms with Crippen LogP contribution >= 0.6 is 11.3 Å². The van der Waals surface area contributed by atoms with Crippen LogP contribution in [0.2, 0.25) is 0 Å². The van der Waals surface area contributed by atoms with Gasteiger partial charge in [-0.15, -0.1) is 11.3 Å². The predicted molar refractivity (Wildman–Crippen MR) is 112 cm³/mol. The van der Waals surface area contributed by atoms with E-state index in [1.807, 2.05) is 41.8 Å². The van der Waals surface area contributed by atoms with Crippen LogP contribution in [0, 0.1) is 0 Å². The first kappa shape index (κ1) is 19.5. The molecule has 0 atom stereocenters. The lowest BCUT2D eigenvalue weighted by Crippen LogP contribution is -2.37. The molecule has 3 rings (SSSR count). The zero-order valence-electron chi connectivity index (χ0n) is 15.5. The van der Waals surface area contributed by atoms with Crippen molar-refractivity contribution in [3.63, 3.8) is 0 Å². The molecule has 1 N–H and O–H groups in total. The molecule has 2 aromatic heterocycles. The number of amides is 2. The zero-order chi connectivity index (χ0) is 19.8. The first-order valence-corrected chi connectivity index (χ1v) is 9.78. The Labute approximate surface area is 168 Å². The van der Waals surface area contributed by atoms with Gasteiger partial charge in [-0.05, 0) is 41.8 Å². The second-order valence-electron chi connectivity index (χ2n) is 6.19. The maximum atomic E-state index is 13.0. The largest absolute Gasteiger partial charge is 0.340 e. The summed E-state index contributed by atoms with van der Waals surface area (Å²) >= 11 is 1.51. The van der Waals surface area contributed by atoms with Crippen LogP contribution in [0.3, 0.4) is 0 Å².